The van der Waals surface area contributed by atoms with Gasteiger partial charge in [-0.05, 0) is 36.4 Å². The van der Waals surface area contributed by atoms with Crippen molar-refractivity contribution in [2.24, 2.45) is 0 Å². The van der Waals surface area contributed by atoms with Crippen molar-refractivity contribution in [3.63, 3.8) is 0 Å². The maximum atomic E-state index is 2.26. The van der Waals surface area contributed by atoms with Crippen molar-refractivity contribution in [1.82, 2.24) is 4.48 Å². The lowest BCUT2D eigenvalue weighted by Crippen LogP contribution is -2.74. The molecule has 7 aromatic rings. The molecule has 0 unspecified atom stereocenters. The molecule has 0 fully saturated rings. The lowest BCUT2D eigenvalue weighted by atomic mass is 9.13. The summed E-state index contributed by atoms with van der Waals surface area (Å²) in [5, 5.41) is 0. The van der Waals surface area contributed by atoms with Gasteiger partial charge in [0.25, 0.3) is 0 Å². The van der Waals surface area contributed by atoms with Crippen LogP contribution in [-0.2, 0) is 0 Å². The summed E-state index contributed by atoms with van der Waals surface area (Å²) >= 11 is 0. The highest BCUT2D eigenvalue weighted by Crippen LogP contribution is 2.41. The average molecular weight is 580 g/mol. The minimum atomic E-state index is -1.22. The third-order valence-electron chi connectivity index (χ3n) is 9.02. The summed E-state index contributed by atoms with van der Waals surface area (Å²) < 4.78 is 0.669. The minimum Gasteiger partial charge on any atom is -0.229 e. The Morgan fingerprint density at radius 3 is 0.644 bits per heavy atom. The summed E-state index contributed by atoms with van der Waals surface area (Å²) in [5.74, 6) is 0. The molecule has 0 N–H and O–H groups in total. The van der Waals surface area contributed by atoms with E-state index in [-0.39, 0.29) is 0 Å². The van der Waals surface area contributed by atoms with Crippen LogP contribution in [0.25, 0.3) is 0 Å². The van der Waals surface area contributed by atoms with Gasteiger partial charge in [0.1, 0.15) is 23.2 Å². The number of benzene rings is 7. The third kappa shape index (κ3) is 6.02. The maximum absolute atomic E-state index is 2.26. The Labute approximate surface area is 268 Å². The van der Waals surface area contributed by atoms with Crippen LogP contribution in [0.4, 0.5) is 17.1 Å². The fraction of sp³-hybridized carbons (Fsp3) is 0.0233. The van der Waals surface area contributed by atoms with E-state index >= 15 is 0 Å². The predicted molar refractivity (Wildman–Crippen MR) is 196 cm³/mol. The Kier molecular flexibility index (Phi) is 9.15. The van der Waals surface area contributed by atoms with Crippen molar-refractivity contribution in [2.45, 2.75) is 0 Å². The smallest absolute Gasteiger partial charge is 0.142 e. The molecule has 45 heavy (non-hydrogen) atoms. The molecular formula is C43H38BN. The van der Waals surface area contributed by atoms with Gasteiger partial charge in [-0.25, -0.2) is 4.48 Å². The summed E-state index contributed by atoms with van der Waals surface area (Å²) in [5.41, 5.74) is 9.12. The zero-order valence-corrected chi connectivity index (χ0v) is 25.7. The highest BCUT2D eigenvalue weighted by molar-refractivity contribution is 7.19. The SMILES string of the molecule is C[N+](c1ccccc1)(c1ccccc1)c1ccccc1.c1ccc([B-](c2ccccc2)(c2ccccc2)c2ccccc2)cc1. The van der Waals surface area contributed by atoms with Crippen LogP contribution in [0.15, 0.2) is 212 Å². The third-order valence-corrected chi connectivity index (χ3v) is 9.02. The molecule has 0 atom stereocenters. The van der Waals surface area contributed by atoms with Gasteiger partial charge in [-0.1, -0.05) is 176 Å². The summed E-state index contributed by atoms with van der Waals surface area (Å²) in [6.45, 7) is 0. The van der Waals surface area contributed by atoms with E-state index < -0.39 is 6.15 Å². The van der Waals surface area contributed by atoms with Gasteiger partial charge in [-0.2, -0.15) is 21.9 Å². The van der Waals surface area contributed by atoms with E-state index in [2.05, 4.69) is 219 Å². The fourth-order valence-electron chi connectivity index (χ4n) is 6.75. The summed E-state index contributed by atoms with van der Waals surface area (Å²) in [7, 11) is 2.24. The van der Waals surface area contributed by atoms with E-state index in [0.717, 1.165) is 0 Å². The molecule has 0 aliphatic carbocycles. The van der Waals surface area contributed by atoms with E-state index in [9.17, 15) is 0 Å². The molecule has 0 saturated heterocycles. The molecule has 0 radical (unpaired) electrons. The van der Waals surface area contributed by atoms with Crippen LogP contribution in [0.5, 0.6) is 0 Å². The molecule has 0 aliphatic rings. The molecule has 0 spiro atoms. The number of quaternary nitrogens is 1. The molecule has 7 aromatic carbocycles. The molecule has 1 nitrogen and oxygen atoms in total. The van der Waals surface area contributed by atoms with Crippen molar-refractivity contribution >= 4 is 45.1 Å². The van der Waals surface area contributed by atoms with E-state index in [4.69, 9.17) is 0 Å². The Balaban J connectivity index is 0.000000163. The largest absolute Gasteiger partial charge is 0.229 e. The molecule has 2 heteroatoms. The Morgan fingerprint density at radius 2 is 0.444 bits per heavy atom. The van der Waals surface area contributed by atoms with Gasteiger partial charge in [0.05, 0.1) is 7.05 Å². The monoisotopic (exact) mass is 579 g/mol. The van der Waals surface area contributed by atoms with Crippen LogP contribution < -0.4 is 26.3 Å². The summed E-state index contributed by atoms with van der Waals surface area (Å²) in [6.07, 6.45) is -1.22. The van der Waals surface area contributed by atoms with Gasteiger partial charge < -0.3 is 0 Å². The summed E-state index contributed by atoms with van der Waals surface area (Å²) in [4.78, 5) is 0. The fourth-order valence-corrected chi connectivity index (χ4v) is 6.75. The van der Waals surface area contributed by atoms with Gasteiger partial charge >= 0.3 is 0 Å². The first-order valence-electron chi connectivity index (χ1n) is 15.6. The van der Waals surface area contributed by atoms with Gasteiger partial charge in [-0.3, -0.25) is 0 Å². The normalized spacial score (nSPS) is 11.2. The van der Waals surface area contributed by atoms with Crippen LogP contribution in [-0.4, -0.2) is 13.2 Å². The molecule has 0 heterocycles. The van der Waals surface area contributed by atoms with Crippen LogP contribution in [0, 0.1) is 0 Å². The maximum Gasteiger partial charge on any atom is 0.142 e. The first-order valence-corrected chi connectivity index (χ1v) is 15.6. The van der Waals surface area contributed by atoms with Crippen molar-refractivity contribution in [1.29, 1.82) is 0 Å². The zero-order chi connectivity index (χ0) is 30.8. The number of hydrogen-bond acceptors (Lipinski definition) is 0. The van der Waals surface area contributed by atoms with E-state index in [1.807, 2.05) is 0 Å². The molecule has 7 rings (SSSR count). The van der Waals surface area contributed by atoms with Crippen LogP contribution in [0.1, 0.15) is 0 Å². The second-order valence-corrected chi connectivity index (χ2v) is 11.5. The Morgan fingerprint density at radius 1 is 0.267 bits per heavy atom. The van der Waals surface area contributed by atoms with Crippen LogP contribution >= 0.6 is 0 Å². The Bertz CT molecular complexity index is 1600. The lowest BCUT2D eigenvalue weighted by molar-refractivity contribution is 0.627. The lowest BCUT2D eigenvalue weighted by Gasteiger charge is -2.44. The first kappa shape index (κ1) is 29.6. The molecule has 0 aliphatic heterocycles. The number of rotatable bonds is 7. The summed E-state index contributed by atoms with van der Waals surface area (Å²) in [6, 6.07) is 75.4. The van der Waals surface area contributed by atoms with Gasteiger partial charge in [0.2, 0.25) is 0 Å². The quantitative estimate of drug-likeness (QED) is 0.132. The average Bonchev–Trinajstić information content (AvgIpc) is 3.15. The number of para-hydroxylation sites is 3. The molecule has 0 aromatic heterocycles. The van der Waals surface area contributed by atoms with Gasteiger partial charge in [0, 0.05) is 0 Å². The zero-order valence-electron chi connectivity index (χ0n) is 25.7. The minimum absolute atomic E-state index is 0.669. The Hall–Kier alpha value is -5.44. The van der Waals surface area contributed by atoms with Crippen molar-refractivity contribution < 1.29 is 0 Å². The second kappa shape index (κ2) is 13.9. The predicted octanol–water partition coefficient (Wildman–Crippen LogP) is 8.35. The van der Waals surface area contributed by atoms with Crippen LogP contribution in [0.3, 0.4) is 0 Å². The molecule has 218 valence electrons. The van der Waals surface area contributed by atoms with Crippen molar-refractivity contribution in [2.75, 3.05) is 7.05 Å². The topological polar surface area (TPSA) is 0 Å². The molecule has 0 amide bonds. The standard InChI is InChI=1S/C24H20B.C19H18N/c1-5-13-21(14-6-1)25(22-15-7-2-8-16-22,23-17-9-3-10-18-23)24-19-11-4-12-20-24;1-20(17-11-5-2-6-12-17,18-13-7-3-8-14-18)19-15-9-4-10-16-19/h1-20H;2-16H,1H3/q-1;+1. The molecule has 0 bridgehead atoms. The van der Waals surface area contributed by atoms with E-state index in [1.54, 1.807) is 0 Å². The van der Waals surface area contributed by atoms with E-state index in [1.165, 1.54) is 38.9 Å². The van der Waals surface area contributed by atoms with Crippen molar-refractivity contribution in [3.8, 4) is 0 Å². The highest BCUT2D eigenvalue weighted by atomic mass is 15.3. The van der Waals surface area contributed by atoms with Crippen LogP contribution in [0.2, 0.25) is 0 Å². The highest BCUT2D eigenvalue weighted by Gasteiger charge is 2.32. The second-order valence-electron chi connectivity index (χ2n) is 11.5. The van der Waals surface area contributed by atoms with Crippen molar-refractivity contribution in [3.05, 3.63) is 212 Å². The van der Waals surface area contributed by atoms with E-state index in [0.29, 0.717) is 4.48 Å². The number of hydrogen-bond donors (Lipinski definition) is 0. The van der Waals surface area contributed by atoms with Gasteiger partial charge in [-0.15, -0.1) is 0 Å². The molecule has 0 saturated carbocycles. The molecular weight excluding hydrogens is 541 g/mol. The number of nitrogens with zero attached hydrogens (tertiary/aromatic N) is 1. The van der Waals surface area contributed by atoms with Gasteiger partial charge in [0.15, 0.2) is 0 Å². The first-order chi connectivity index (χ1) is 22.2.